The van der Waals surface area contributed by atoms with Crippen LogP contribution in [-0.2, 0) is 4.79 Å². The Balaban J connectivity index is 1.86. The quantitative estimate of drug-likeness (QED) is 0.295. The van der Waals surface area contributed by atoms with Crippen molar-refractivity contribution >= 4 is 17.7 Å². The van der Waals surface area contributed by atoms with E-state index in [2.05, 4.69) is 11.8 Å². The second-order valence-corrected chi connectivity index (χ2v) is 6.69. The molecule has 26 heavy (non-hydrogen) atoms. The van der Waals surface area contributed by atoms with E-state index in [4.69, 9.17) is 14.2 Å². The minimum atomic E-state index is -0.334. The van der Waals surface area contributed by atoms with Gasteiger partial charge >= 0.3 is 5.97 Å². The number of rotatable bonds is 8. The van der Waals surface area contributed by atoms with Crippen LogP contribution in [0.3, 0.4) is 0 Å². The molecular formula is C21H22O4S. The van der Waals surface area contributed by atoms with Gasteiger partial charge in [-0.2, -0.15) is 0 Å². The van der Waals surface area contributed by atoms with Crippen molar-refractivity contribution in [3.8, 4) is 29.1 Å². The summed E-state index contributed by atoms with van der Waals surface area (Å²) >= 11 is 1.44. The molecular weight excluding hydrogens is 348 g/mol. The van der Waals surface area contributed by atoms with Crippen LogP contribution in [0.5, 0.6) is 17.2 Å². The lowest BCUT2D eigenvalue weighted by atomic mass is 10.3. The normalized spacial score (nSPS) is 11.0. The van der Waals surface area contributed by atoms with E-state index in [1.807, 2.05) is 38.1 Å². The van der Waals surface area contributed by atoms with Crippen LogP contribution < -0.4 is 14.2 Å². The predicted octanol–water partition coefficient (Wildman–Crippen LogP) is 4.57. The SMILES string of the molecule is CC#CCOc1ccc(SC(C)C(=O)Oc2ccc(OCC)cc2)cc1. The molecule has 136 valence electrons. The maximum absolute atomic E-state index is 12.3. The van der Waals surface area contributed by atoms with Gasteiger partial charge in [-0.05, 0) is 69.3 Å². The minimum Gasteiger partial charge on any atom is -0.494 e. The Morgan fingerprint density at radius 3 is 2.19 bits per heavy atom. The van der Waals surface area contributed by atoms with Gasteiger partial charge in [-0.15, -0.1) is 17.7 Å². The molecule has 0 amide bonds. The smallest absolute Gasteiger partial charge is 0.324 e. The lowest BCUT2D eigenvalue weighted by Crippen LogP contribution is -2.19. The summed E-state index contributed by atoms with van der Waals surface area (Å²) in [7, 11) is 0. The zero-order valence-electron chi connectivity index (χ0n) is 15.2. The first kappa shape index (κ1) is 19.7. The van der Waals surface area contributed by atoms with E-state index in [0.29, 0.717) is 19.0 Å². The highest BCUT2D eigenvalue weighted by molar-refractivity contribution is 8.00. The van der Waals surface area contributed by atoms with Crippen molar-refractivity contribution in [2.75, 3.05) is 13.2 Å². The fourth-order valence-corrected chi connectivity index (χ4v) is 2.87. The van der Waals surface area contributed by atoms with Crippen LogP contribution in [0.2, 0.25) is 0 Å². The standard InChI is InChI=1S/C21H22O4S/c1-4-6-15-24-18-11-13-20(14-12-18)26-16(3)21(22)25-19-9-7-17(8-10-19)23-5-2/h7-14,16H,5,15H2,1-3H3. The van der Waals surface area contributed by atoms with E-state index >= 15 is 0 Å². The van der Waals surface area contributed by atoms with Crippen LogP contribution in [0.25, 0.3) is 0 Å². The van der Waals surface area contributed by atoms with Crippen molar-refractivity contribution in [3.05, 3.63) is 48.5 Å². The van der Waals surface area contributed by atoms with Gasteiger partial charge in [-0.3, -0.25) is 4.79 Å². The van der Waals surface area contributed by atoms with E-state index < -0.39 is 0 Å². The van der Waals surface area contributed by atoms with Crippen LogP contribution >= 0.6 is 11.8 Å². The molecule has 0 fully saturated rings. The van der Waals surface area contributed by atoms with Crippen molar-refractivity contribution in [2.24, 2.45) is 0 Å². The third-order valence-corrected chi connectivity index (χ3v) is 4.40. The molecule has 0 aromatic heterocycles. The van der Waals surface area contributed by atoms with Crippen molar-refractivity contribution in [3.63, 3.8) is 0 Å². The van der Waals surface area contributed by atoms with Crippen molar-refractivity contribution < 1.29 is 19.0 Å². The molecule has 2 aromatic rings. The Hall–Kier alpha value is -2.58. The fourth-order valence-electron chi connectivity index (χ4n) is 2.03. The molecule has 4 nitrogen and oxygen atoms in total. The number of hydrogen-bond donors (Lipinski definition) is 0. The topological polar surface area (TPSA) is 44.8 Å². The molecule has 0 bridgehead atoms. The maximum atomic E-state index is 12.3. The summed E-state index contributed by atoms with van der Waals surface area (Å²) in [5.74, 6) is 7.34. The lowest BCUT2D eigenvalue weighted by Gasteiger charge is -2.12. The van der Waals surface area contributed by atoms with Gasteiger partial charge in [0, 0.05) is 4.90 Å². The second-order valence-electron chi connectivity index (χ2n) is 5.27. The fraction of sp³-hybridized carbons (Fsp3) is 0.286. The van der Waals surface area contributed by atoms with Crippen LogP contribution in [-0.4, -0.2) is 24.4 Å². The van der Waals surface area contributed by atoms with Crippen LogP contribution in [0, 0.1) is 11.8 Å². The monoisotopic (exact) mass is 370 g/mol. The number of hydrogen-bond acceptors (Lipinski definition) is 5. The molecule has 0 spiro atoms. The first-order chi connectivity index (χ1) is 12.6. The van der Waals surface area contributed by atoms with Crippen molar-refractivity contribution in [2.45, 2.75) is 30.9 Å². The minimum absolute atomic E-state index is 0.294. The first-order valence-electron chi connectivity index (χ1n) is 8.36. The first-order valence-corrected chi connectivity index (χ1v) is 9.24. The number of carbonyl (C=O) groups is 1. The number of benzene rings is 2. The summed E-state index contributed by atoms with van der Waals surface area (Å²) in [5.41, 5.74) is 0. The van der Waals surface area contributed by atoms with Crippen LogP contribution in [0.1, 0.15) is 20.8 Å². The third kappa shape index (κ3) is 6.38. The number of esters is 1. The van der Waals surface area contributed by atoms with Gasteiger partial charge in [-0.25, -0.2) is 0 Å². The predicted molar refractivity (Wildman–Crippen MR) is 104 cm³/mol. The zero-order valence-corrected chi connectivity index (χ0v) is 16.0. The number of carbonyl (C=O) groups excluding carboxylic acids is 1. The molecule has 0 aliphatic heterocycles. The molecule has 0 heterocycles. The highest BCUT2D eigenvalue weighted by Crippen LogP contribution is 2.27. The number of ether oxygens (including phenoxy) is 3. The Kier molecular flexibility index (Phi) is 7.91. The van der Waals surface area contributed by atoms with Gasteiger partial charge in [0.2, 0.25) is 0 Å². The van der Waals surface area contributed by atoms with E-state index in [1.54, 1.807) is 31.2 Å². The summed E-state index contributed by atoms with van der Waals surface area (Å²) in [4.78, 5) is 13.2. The summed E-state index contributed by atoms with van der Waals surface area (Å²) in [6.45, 7) is 6.49. The molecule has 0 aliphatic carbocycles. The average Bonchev–Trinajstić information content (AvgIpc) is 2.65. The molecule has 0 radical (unpaired) electrons. The molecule has 1 unspecified atom stereocenters. The van der Waals surface area contributed by atoms with Crippen LogP contribution in [0.4, 0.5) is 0 Å². The Morgan fingerprint density at radius 2 is 1.58 bits per heavy atom. The summed E-state index contributed by atoms with van der Waals surface area (Å²) in [6.07, 6.45) is 0. The van der Waals surface area contributed by atoms with Gasteiger partial charge < -0.3 is 14.2 Å². The average molecular weight is 370 g/mol. The van der Waals surface area contributed by atoms with Crippen LogP contribution in [0.15, 0.2) is 53.4 Å². The molecule has 1 atom stereocenters. The van der Waals surface area contributed by atoms with E-state index in [1.165, 1.54) is 11.8 Å². The summed E-state index contributed by atoms with van der Waals surface area (Å²) in [5, 5.41) is -0.334. The second kappa shape index (κ2) is 10.4. The molecule has 0 saturated heterocycles. The molecule has 0 saturated carbocycles. The summed E-state index contributed by atoms with van der Waals surface area (Å²) < 4.78 is 16.3. The van der Waals surface area contributed by atoms with Gasteiger partial charge in [0.25, 0.3) is 0 Å². The van der Waals surface area contributed by atoms with Gasteiger partial charge in [0.1, 0.15) is 29.1 Å². The Bertz CT molecular complexity index is 757. The molecule has 0 aliphatic rings. The molecule has 5 heteroatoms. The van der Waals surface area contributed by atoms with Crippen molar-refractivity contribution in [1.82, 2.24) is 0 Å². The zero-order chi connectivity index (χ0) is 18.8. The number of thioether (sulfide) groups is 1. The highest BCUT2D eigenvalue weighted by atomic mass is 32.2. The third-order valence-electron chi connectivity index (χ3n) is 3.31. The Morgan fingerprint density at radius 1 is 1.00 bits per heavy atom. The summed E-state index contributed by atoms with van der Waals surface area (Å²) in [6, 6.07) is 14.6. The van der Waals surface area contributed by atoms with E-state index in [0.717, 1.165) is 16.4 Å². The lowest BCUT2D eigenvalue weighted by molar-refractivity contribution is -0.133. The largest absolute Gasteiger partial charge is 0.494 e. The van der Waals surface area contributed by atoms with Gasteiger partial charge in [-0.1, -0.05) is 5.92 Å². The van der Waals surface area contributed by atoms with Crippen molar-refractivity contribution in [1.29, 1.82) is 0 Å². The molecule has 0 N–H and O–H groups in total. The van der Waals surface area contributed by atoms with Gasteiger partial charge in [0.05, 0.1) is 6.61 Å². The Labute approximate surface area is 158 Å². The molecule has 2 rings (SSSR count). The van der Waals surface area contributed by atoms with E-state index in [-0.39, 0.29) is 11.2 Å². The molecule has 2 aromatic carbocycles. The van der Waals surface area contributed by atoms with Gasteiger partial charge in [0.15, 0.2) is 0 Å². The highest BCUT2D eigenvalue weighted by Gasteiger charge is 2.17. The maximum Gasteiger partial charge on any atom is 0.324 e. The van der Waals surface area contributed by atoms with E-state index in [9.17, 15) is 4.79 Å².